The fraction of sp³-hybridized carbons (Fsp3) is 0.533. The Morgan fingerprint density at radius 2 is 2.05 bits per heavy atom. The minimum Gasteiger partial charge on any atom is -0.383 e. The van der Waals surface area contributed by atoms with Crippen molar-refractivity contribution < 1.29 is 9.53 Å². The molecule has 1 unspecified atom stereocenters. The standard InChI is InChI=1S/C15H24N2O2S/c1-4-17-15(18)12(2)20-14-7-5-13(6-8-14)11-16-9-10-19-3/h5-8,12,16H,4,9-11H2,1-3H3,(H,17,18). The van der Waals surface area contributed by atoms with Crippen LogP contribution in [0.25, 0.3) is 0 Å². The first-order valence-corrected chi connectivity index (χ1v) is 7.78. The van der Waals surface area contributed by atoms with Crippen molar-refractivity contribution in [3.8, 4) is 0 Å². The van der Waals surface area contributed by atoms with Crippen molar-refractivity contribution in [3.05, 3.63) is 29.8 Å². The van der Waals surface area contributed by atoms with E-state index < -0.39 is 0 Å². The molecule has 1 aromatic rings. The number of ether oxygens (including phenoxy) is 1. The number of rotatable bonds is 9. The van der Waals surface area contributed by atoms with Gasteiger partial charge in [-0.05, 0) is 31.5 Å². The van der Waals surface area contributed by atoms with Gasteiger partial charge in [-0.1, -0.05) is 12.1 Å². The fourth-order valence-electron chi connectivity index (χ4n) is 1.67. The lowest BCUT2D eigenvalue weighted by atomic mass is 10.2. The zero-order valence-corrected chi connectivity index (χ0v) is 13.3. The van der Waals surface area contributed by atoms with Crippen molar-refractivity contribution in [3.63, 3.8) is 0 Å². The van der Waals surface area contributed by atoms with Crippen LogP contribution in [0.5, 0.6) is 0 Å². The van der Waals surface area contributed by atoms with Crippen LogP contribution in [0.4, 0.5) is 0 Å². The van der Waals surface area contributed by atoms with Crippen molar-refractivity contribution in [2.24, 2.45) is 0 Å². The molecule has 0 saturated carbocycles. The van der Waals surface area contributed by atoms with Crippen molar-refractivity contribution in [2.75, 3.05) is 26.8 Å². The highest BCUT2D eigenvalue weighted by atomic mass is 32.2. The molecular weight excluding hydrogens is 272 g/mol. The zero-order chi connectivity index (χ0) is 14.8. The Labute approximate surface area is 125 Å². The smallest absolute Gasteiger partial charge is 0.233 e. The lowest BCUT2D eigenvalue weighted by Gasteiger charge is -2.11. The second-order valence-corrected chi connectivity index (χ2v) is 5.88. The van der Waals surface area contributed by atoms with Gasteiger partial charge in [-0.15, -0.1) is 11.8 Å². The predicted octanol–water partition coefficient (Wildman–Crippen LogP) is 2.04. The molecule has 1 amide bonds. The summed E-state index contributed by atoms with van der Waals surface area (Å²) in [5.41, 5.74) is 1.23. The van der Waals surface area contributed by atoms with E-state index in [-0.39, 0.29) is 11.2 Å². The molecule has 20 heavy (non-hydrogen) atoms. The molecule has 0 aliphatic rings. The third kappa shape index (κ3) is 6.41. The van der Waals surface area contributed by atoms with Gasteiger partial charge in [-0.2, -0.15) is 0 Å². The number of hydrogen-bond acceptors (Lipinski definition) is 4. The molecule has 5 heteroatoms. The molecule has 0 fully saturated rings. The van der Waals surface area contributed by atoms with Gasteiger partial charge in [-0.25, -0.2) is 0 Å². The molecule has 0 aliphatic carbocycles. The highest BCUT2D eigenvalue weighted by Gasteiger charge is 2.12. The minimum absolute atomic E-state index is 0.0689. The van der Waals surface area contributed by atoms with Gasteiger partial charge in [0.1, 0.15) is 0 Å². The Hall–Kier alpha value is -1.04. The average Bonchev–Trinajstić information content (AvgIpc) is 2.45. The summed E-state index contributed by atoms with van der Waals surface area (Å²) in [4.78, 5) is 12.8. The summed E-state index contributed by atoms with van der Waals surface area (Å²) in [5.74, 6) is 0.0859. The topological polar surface area (TPSA) is 50.4 Å². The predicted molar refractivity (Wildman–Crippen MR) is 84.0 cm³/mol. The quantitative estimate of drug-likeness (QED) is 0.541. The molecular formula is C15H24N2O2S. The van der Waals surface area contributed by atoms with Gasteiger partial charge in [0.2, 0.25) is 5.91 Å². The number of carbonyl (C=O) groups excluding carboxylic acids is 1. The molecule has 0 radical (unpaired) electrons. The normalized spacial score (nSPS) is 12.2. The second-order valence-electron chi connectivity index (χ2n) is 4.47. The van der Waals surface area contributed by atoms with Crippen LogP contribution in [0, 0.1) is 0 Å². The average molecular weight is 296 g/mol. The second kappa shape index (κ2) is 9.80. The Morgan fingerprint density at radius 1 is 1.35 bits per heavy atom. The number of amides is 1. The first kappa shape index (κ1) is 17.0. The van der Waals surface area contributed by atoms with E-state index in [2.05, 4.69) is 34.9 Å². The maximum atomic E-state index is 11.7. The van der Waals surface area contributed by atoms with E-state index >= 15 is 0 Å². The molecule has 0 spiro atoms. The molecule has 1 rings (SSSR count). The molecule has 4 nitrogen and oxygen atoms in total. The summed E-state index contributed by atoms with van der Waals surface area (Å²) < 4.78 is 4.98. The van der Waals surface area contributed by atoms with E-state index in [9.17, 15) is 4.79 Å². The van der Waals surface area contributed by atoms with Crippen LogP contribution in [0.15, 0.2) is 29.2 Å². The zero-order valence-electron chi connectivity index (χ0n) is 12.4. The van der Waals surface area contributed by atoms with E-state index in [4.69, 9.17) is 4.74 Å². The van der Waals surface area contributed by atoms with E-state index in [1.165, 1.54) is 5.56 Å². The van der Waals surface area contributed by atoms with Gasteiger partial charge in [0.05, 0.1) is 11.9 Å². The van der Waals surface area contributed by atoms with Crippen molar-refractivity contribution in [1.29, 1.82) is 0 Å². The van der Waals surface area contributed by atoms with Gasteiger partial charge in [0, 0.05) is 31.6 Å². The molecule has 1 atom stereocenters. The monoisotopic (exact) mass is 296 g/mol. The van der Waals surface area contributed by atoms with Gasteiger partial charge in [0.15, 0.2) is 0 Å². The number of benzene rings is 1. The third-order valence-electron chi connectivity index (χ3n) is 2.77. The highest BCUT2D eigenvalue weighted by molar-refractivity contribution is 8.00. The van der Waals surface area contributed by atoms with E-state index in [1.807, 2.05) is 13.8 Å². The number of hydrogen-bond donors (Lipinski definition) is 2. The summed E-state index contributed by atoms with van der Waals surface area (Å²) in [5, 5.41) is 6.07. The van der Waals surface area contributed by atoms with Crippen molar-refractivity contribution in [2.45, 2.75) is 30.5 Å². The van der Waals surface area contributed by atoms with E-state index in [0.717, 1.165) is 24.6 Å². The van der Waals surface area contributed by atoms with Gasteiger partial charge < -0.3 is 15.4 Å². The lowest BCUT2D eigenvalue weighted by molar-refractivity contribution is -0.120. The number of carbonyl (C=O) groups is 1. The number of methoxy groups -OCH3 is 1. The molecule has 2 N–H and O–H groups in total. The number of nitrogens with one attached hydrogen (secondary N) is 2. The SMILES string of the molecule is CCNC(=O)C(C)Sc1ccc(CNCCOC)cc1. The Kier molecular flexibility index (Phi) is 8.34. The maximum absolute atomic E-state index is 11.7. The Morgan fingerprint density at radius 3 is 2.65 bits per heavy atom. The Bertz CT molecular complexity index is 395. The molecule has 112 valence electrons. The van der Waals surface area contributed by atoms with Crippen LogP contribution in [0.1, 0.15) is 19.4 Å². The summed E-state index contributed by atoms with van der Waals surface area (Å²) in [6, 6.07) is 8.31. The molecule has 0 bridgehead atoms. The van der Waals surface area contributed by atoms with Crippen LogP contribution < -0.4 is 10.6 Å². The van der Waals surface area contributed by atoms with Gasteiger partial charge in [0.25, 0.3) is 0 Å². The van der Waals surface area contributed by atoms with Crippen LogP contribution in [-0.4, -0.2) is 38.0 Å². The summed E-state index contributed by atoms with van der Waals surface area (Å²) in [7, 11) is 1.70. The van der Waals surface area contributed by atoms with Crippen LogP contribution in [0.3, 0.4) is 0 Å². The fourth-order valence-corrected chi connectivity index (χ4v) is 2.56. The first-order chi connectivity index (χ1) is 9.67. The summed E-state index contributed by atoms with van der Waals surface area (Å²) in [6.07, 6.45) is 0. The third-order valence-corrected chi connectivity index (χ3v) is 3.88. The Balaban J connectivity index is 2.40. The summed E-state index contributed by atoms with van der Waals surface area (Å²) >= 11 is 1.58. The van der Waals surface area contributed by atoms with E-state index in [1.54, 1.807) is 18.9 Å². The molecule has 0 aliphatic heterocycles. The van der Waals surface area contributed by atoms with Crippen molar-refractivity contribution >= 4 is 17.7 Å². The number of thioether (sulfide) groups is 1. The van der Waals surface area contributed by atoms with Gasteiger partial charge >= 0.3 is 0 Å². The van der Waals surface area contributed by atoms with Crippen LogP contribution in [0.2, 0.25) is 0 Å². The van der Waals surface area contributed by atoms with E-state index in [0.29, 0.717) is 6.54 Å². The minimum atomic E-state index is -0.0689. The van der Waals surface area contributed by atoms with Gasteiger partial charge in [-0.3, -0.25) is 4.79 Å². The summed E-state index contributed by atoms with van der Waals surface area (Å²) in [6.45, 7) is 6.94. The molecule has 0 aromatic heterocycles. The largest absolute Gasteiger partial charge is 0.383 e. The molecule has 0 saturated heterocycles. The molecule has 1 aromatic carbocycles. The van der Waals surface area contributed by atoms with Crippen LogP contribution >= 0.6 is 11.8 Å². The van der Waals surface area contributed by atoms with Crippen molar-refractivity contribution in [1.82, 2.24) is 10.6 Å². The lowest BCUT2D eigenvalue weighted by Crippen LogP contribution is -2.30. The highest BCUT2D eigenvalue weighted by Crippen LogP contribution is 2.23. The van der Waals surface area contributed by atoms with Crippen LogP contribution in [-0.2, 0) is 16.1 Å². The maximum Gasteiger partial charge on any atom is 0.233 e. The first-order valence-electron chi connectivity index (χ1n) is 6.90. The molecule has 0 heterocycles.